The largest absolute Gasteiger partial charge is 0.410 e. The Morgan fingerprint density at radius 2 is 1.77 bits per heavy atom. The molecule has 0 unspecified atom stereocenters. The first-order valence-electron chi connectivity index (χ1n) is 3.08. The highest BCUT2D eigenvalue weighted by Crippen LogP contribution is 2.20. The summed E-state index contributed by atoms with van der Waals surface area (Å²) in [5.41, 5.74) is -0.603. The van der Waals surface area contributed by atoms with Crippen molar-refractivity contribution in [3.63, 3.8) is 0 Å². The monoisotopic (exact) mass is 225 g/mol. The standard InChI is InChI=1S/C7H3Cl2F2NO/c8-3-1-4(10)6(5(11)2-3)7(9)12-13/h1-2,13H/b12-7-. The molecule has 1 aromatic carbocycles. The van der Waals surface area contributed by atoms with Gasteiger partial charge in [-0.15, -0.1) is 0 Å². The van der Waals surface area contributed by atoms with Gasteiger partial charge in [-0.25, -0.2) is 8.78 Å². The summed E-state index contributed by atoms with van der Waals surface area (Å²) in [6, 6.07) is 1.74. The van der Waals surface area contributed by atoms with Crippen molar-refractivity contribution < 1.29 is 14.0 Å². The van der Waals surface area contributed by atoms with E-state index in [-0.39, 0.29) is 5.02 Å². The maximum Gasteiger partial charge on any atom is 0.181 e. The Hall–Kier alpha value is -0.870. The second kappa shape index (κ2) is 3.89. The molecule has 0 spiro atoms. The van der Waals surface area contributed by atoms with E-state index >= 15 is 0 Å². The highest BCUT2D eigenvalue weighted by atomic mass is 35.5. The Bertz CT molecular complexity index is 345. The number of rotatable bonds is 1. The summed E-state index contributed by atoms with van der Waals surface area (Å²) in [6.07, 6.45) is 0. The lowest BCUT2D eigenvalue weighted by Gasteiger charge is -2.01. The molecule has 0 fully saturated rings. The quantitative estimate of drug-likeness (QED) is 0.445. The molecule has 1 rings (SSSR count). The molecule has 0 amide bonds. The lowest BCUT2D eigenvalue weighted by atomic mass is 10.2. The molecule has 0 radical (unpaired) electrons. The summed E-state index contributed by atoms with van der Waals surface area (Å²) in [4.78, 5) is 0. The molecule has 0 saturated carbocycles. The van der Waals surface area contributed by atoms with Gasteiger partial charge in [-0.3, -0.25) is 0 Å². The minimum atomic E-state index is -0.979. The van der Waals surface area contributed by atoms with E-state index in [0.717, 1.165) is 12.1 Å². The summed E-state index contributed by atoms with van der Waals surface area (Å²) in [5, 5.41) is 9.91. The zero-order valence-corrected chi connectivity index (χ0v) is 7.57. The third-order valence-electron chi connectivity index (χ3n) is 1.30. The van der Waals surface area contributed by atoms with Crippen molar-refractivity contribution in [3.8, 4) is 0 Å². The third-order valence-corrected chi connectivity index (χ3v) is 1.78. The molecule has 0 aliphatic carbocycles. The van der Waals surface area contributed by atoms with Crippen LogP contribution in [-0.4, -0.2) is 10.4 Å². The first kappa shape index (κ1) is 10.2. The van der Waals surface area contributed by atoms with Crippen LogP contribution in [0.4, 0.5) is 8.78 Å². The number of nitrogens with zero attached hydrogens (tertiary/aromatic N) is 1. The van der Waals surface area contributed by atoms with Crippen LogP contribution in [0, 0.1) is 11.6 Å². The van der Waals surface area contributed by atoms with Gasteiger partial charge in [0.1, 0.15) is 11.6 Å². The zero-order valence-electron chi connectivity index (χ0n) is 6.06. The normalized spacial score (nSPS) is 11.8. The van der Waals surface area contributed by atoms with Crippen LogP contribution in [0.3, 0.4) is 0 Å². The van der Waals surface area contributed by atoms with Crippen LogP contribution in [0.2, 0.25) is 5.02 Å². The molecule has 70 valence electrons. The Balaban J connectivity index is 3.37. The highest BCUT2D eigenvalue weighted by molar-refractivity contribution is 6.69. The number of oxime groups is 1. The van der Waals surface area contributed by atoms with Gasteiger partial charge in [0.2, 0.25) is 0 Å². The van der Waals surface area contributed by atoms with E-state index < -0.39 is 22.4 Å². The first-order chi connectivity index (χ1) is 6.06. The number of halogens is 4. The molecule has 1 N–H and O–H groups in total. The maximum absolute atomic E-state index is 12.9. The average molecular weight is 226 g/mol. The van der Waals surface area contributed by atoms with E-state index in [1.165, 1.54) is 0 Å². The zero-order chi connectivity index (χ0) is 10.0. The van der Waals surface area contributed by atoms with Crippen molar-refractivity contribution in [2.45, 2.75) is 0 Å². The lowest BCUT2D eigenvalue weighted by Crippen LogP contribution is -2.00. The lowest BCUT2D eigenvalue weighted by molar-refractivity contribution is 0.320. The van der Waals surface area contributed by atoms with Crippen molar-refractivity contribution in [2.24, 2.45) is 5.16 Å². The van der Waals surface area contributed by atoms with Crippen molar-refractivity contribution in [2.75, 3.05) is 0 Å². The van der Waals surface area contributed by atoms with Crippen molar-refractivity contribution in [1.29, 1.82) is 0 Å². The van der Waals surface area contributed by atoms with Gasteiger partial charge in [0.05, 0.1) is 5.56 Å². The van der Waals surface area contributed by atoms with Gasteiger partial charge in [0.25, 0.3) is 0 Å². The van der Waals surface area contributed by atoms with Crippen LogP contribution in [-0.2, 0) is 0 Å². The van der Waals surface area contributed by atoms with Gasteiger partial charge in [0, 0.05) is 5.02 Å². The minimum absolute atomic E-state index is 0.0962. The van der Waals surface area contributed by atoms with Crippen molar-refractivity contribution in [1.82, 2.24) is 0 Å². The summed E-state index contributed by atoms with van der Waals surface area (Å²) in [6.45, 7) is 0. The van der Waals surface area contributed by atoms with Crippen LogP contribution >= 0.6 is 23.2 Å². The van der Waals surface area contributed by atoms with Crippen molar-refractivity contribution >= 4 is 28.4 Å². The maximum atomic E-state index is 12.9. The summed E-state index contributed by atoms with van der Waals surface area (Å²) in [7, 11) is 0. The number of benzene rings is 1. The fourth-order valence-electron chi connectivity index (χ4n) is 0.789. The molecule has 0 aliphatic heterocycles. The average Bonchev–Trinajstić information content (AvgIpc) is 2.02. The predicted molar refractivity (Wildman–Crippen MR) is 45.5 cm³/mol. The fraction of sp³-hybridized carbons (Fsp3) is 0. The molecular formula is C7H3Cl2F2NO. The second-order valence-corrected chi connectivity index (χ2v) is 2.93. The molecule has 6 heteroatoms. The van der Waals surface area contributed by atoms with Crippen molar-refractivity contribution in [3.05, 3.63) is 34.4 Å². The molecule has 0 aliphatic rings. The van der Waals surface area contributed by atoms with E-state index in [2.05, 4.69) is 5.16 Å². The number of hydrogen-bond acceptors (Lipinski definition) is 2. The minimum Gasteiger partial charge on any atom is -0.410 e. The Kier molecular flexibility index (Phi) is 3.06. The van der Waals surface area contributed by atoms with Gasteiger partial charge in [-0.05, 0) is 12.1 Å². The molecular weight excluding hydrogens is 223 g/mol. The molecule has 0 aromatic heterocycles. The van der Waals surface area contributed by atoms with E-state index in [1.54, 1.807) is 0 Å². The van der Waals surface area contributed by atoms with Crippen LogP contribution in [0.25, 0.3) is 0 Å². The van der Waals surface area contributed by atoms with Crippen LogP contribution in [0.1, 0.15) is 5.56 Å². The van der Waals surface area contributed by atoms with Gasteiger partial charge in [-0.2, -0.15) is 0 Å². The second-order valence-electron chi connectivity index (χ2n) is 2.14. The molecule has 0 atom stereocenters. The van der Waals surface area contributed by atoms with Gasteiger partial charge >= 0.3 is 0 Å². The van der Waals surface area contributed by atoms with E-state index in [0.29, 0.717) is 0 Å². The molecule has 1 aromatic rings. The predicted octanol–water partition coefficient (Wildman–Crippen LogP) is 2.99. The van der Waals surface area contributed by atoms with E-state index in [4.69, 9.17) is 28.4 Å². The topological polar surface area (TPSA) is 32.6 Å². The SMILES string of the molecule is O/N=C(\Cl)c1c(F)cc(Cl)cc1F. The van der Waals surface area contributed by atoms with Crippen LogP contribution < -0.4 is 0 Å². The summed E-state index contributed by atoms with van der Waals surface area (Å²) >= 11 is 10.6. The van der Waals surface area contributed by atoms with Gasteiger partial charge in [-0.1, -0.05) is 28.4 Å². The Labute approximate surface area is 82.4 Å². The van der Waals surface area contributed by atoms with Gasteiger partial charge < -0.3 is 5.21 Å². The Morgan fingerprint density at radius 1 is 1.31 bits per heavy atom. The highest BCUT2D eigenvalue weighted by Gasteiger charge is 2.15. The molecule has 0 saturated heterocycles. The fourth-order valence-corrected chi connectivity index (χ4v) is 1.16. The third kappa shape index (κ3) is 2.08. The van der Waals surface area contributed by atoms with E-state index in [9.17, 15) is 8.78 Å². The van der Waals surface area contributed by atoms with Crippen LogP contribution in [0.5, 0.6) is 0 Å². The molecule has 13 heavy (non-hydrogen) atoms. The molecule has 0 heterocycles. The summed E-state index contributed by atoms with van der Waals surface area (Å²) in [5.74, 6) is -1.96. The smallest absolute Gasteiger partial charge is 0.181 e. The summed E-state index contributed by atoms with van der Waals surface area (Å²) < 4.78 is 25.9. The molecule has 0 bridgehead atoms. The molecule has 2 nitrogen and oxygen atoms in total. The Morgan fingerprint density at radius 3 is 2.15 bits per heavy atom. The van der Waals surface area contributed by atoms with Crippen LogP contribution in [0.15, 0.2) is 17.3 Å². The number of hydrogen-bond donors (Lipinski definition) is 1. The van der Waals surface area contributed by atoms with Gasteiger partial charge in [0.15, 0.2) is 5.17 Å². The first-order valence-corrected chi connectivity index (χ1v) is 3.84. The van der Waals surface area contributed by atoms with E-state index in [1.807, 2.05) is 0 Å².